The molecule has 1 fully saturated rings. The highest BCUT2D eigenvalue weighted by atomic mass is 32.1. The van der Waals surface area contributed by atoms with Crippen molar-refractivity contribution in [1.82, 2.24) is 29.5 Å². The van der Waals surface area contributed by atoms with Crippen LogP contribution in [0.3, 0.4) is 0 Å². The average Bonchev–Trinajstić information content (AvgIpc) is 3.51. The highest BCUT2D eigenvalue weighted by Crippen LogP contribution is 2.33. The normalized spacial score (nSPS) is 14.8. The summed E-state index contributed by atoms with van der Waals surface area (Å²) in [5.74, 6) is 1.67. The molecular weight excluding hydrogens is 474 g/mol. The van der Waals surface area contributed by atoms with Crippen molar-refractivity contribution >= 4 is 48.9 Å². The monoisotopic (exact) mass is 501 g/mol. The second kappa shape index (κ2) is 9.36. The zero-order valence-corrected chi connectivity index (χ0v) is 21.1. The minimum absolute atomic E-state index is 0.0413. The van der Waals surface area contributed by atoms with Crippen LogP contribution in [0.4, 0.5) is 5.82 Å². The lowest BCUT2D eigenvalue weighted by molar-refractivity contribution is 0.122. The molecule has 0 spiro atoms. The van der Waals surface area contributed by atoms with Crippen molar-refractivity contribution in [2.75, 3.05) is 37.7 Å². The minimum atomic E-state index is -0.0413. The number of ether oxygens (including phenoxy) is 1. The van der Waals surface area contributed by atoms with Crippen LogP contribution >= 0.6 is 11.3 Å². The summed E-state index contributed by atoms with van der Waals surface area (Å²) < 4.78 is 10.7. The van der Waals surface area contributed by atoms with Crippen LogP contribution in [-0.4, -0.2) is 57.0 Å². The molecule has 184 valence electrons. The molecule has 6 rings (SSSR count). The number of fused-ring (bicyclic) bond motifs is 5. The van der Waals surface area contributed by atoms with E-state index in [4.69, 9.17) is 4.74 Å². The van der Waals surface area contributed by atoms with Crippen LogP contribution in [0.2, 0.25) is 0 Å². The van der Waals surface area contributed by atoms with Gasteiger partial charge >= 0.3 is 0 Å². The number of aryl methyl sites for hydroxylation is 1. The maximum absolute atomic E-state index is 14.1. The summed E-state index contributed by atoms with van der Waals surface area (Å²) in [6.45, 7) is 8.10. The van der Waals surface area contributed by atoms with Crippen LogP contribution in [0, 0.1) is 6.92 Å². The minimum Gasteiger partial charge on any atom is -0.383 e. The summed E-state index contributed by atoms with van der Waals surface area (Å²) in [6.07, 6.45) is 5.74. The molecule has 36 heavy (non-hydrogen) atoms. The number of nitrogens with zero attached hydrogens (tertiary/aromatic N) is 6. The first kappa shape index (κ1) is 22.7. The number of anilines is 1. The standard InChI is InChI=1S/C26H27N7O2S/c1-3-19(28-9-11-31-10-8-27-17(31)2)23-24(34)18-16-22(32-12-14-35-15-13-32)29-30-25(18)33-20-6-4-5-7-21(20)36-26(23)33/h3-8,10,16,28H,9,11-15H2,1-2H3/b19-3-. The van der Waals surface area contributed by atoms with Crippen LogP contribution in [0.1, 0.15) is 18.3 Å². The highest BCUT2D eigenvalue weighted by Gasteiger charge is 2.22. The van der Waals surface area contributed by atoms with Crippen LogP contribution in [-0.2, 0) is 11.3 Å². The maximum Gasteiger partial charge on any atom is 0.202 e. The van der Waals surface area contributed by atoms with E-state index in [1.54, 1.807) is 17.5 Å². The summed E-state index contributed by atoms with van der Waals surface area (Å²) in [6, 6.07) is 10.1. The molecule has 1 aliphatic rings. The molecular formula is C26H27N7O2S. The number of pyridine rings is 1. The Labute approximate surface area is 211 Å². The number of para-hydroxylation sites is 1. The fourth-order valence-electron chi connectivity index (χ4n) is 4.77. The van der Waals surface area contributed by atoms with Gasteiger partial charge in [0.2, 0.25) is 5.43 Å². The van der Waals surface area contributed by atoms with Crippen molar-refractivity contribution in [2.24, 2.45) is 0 Å². The maximum atomic E-state index is 14.1. The second-order valence-electron chi connectivity index (χ2n) is 8.75. The number of hydrogen-bond acceptors (Lipinski definition) is 8. The molecule has 0 unspecified atom stereocenters. The molecule has 1 aromatic carbocycles. The molecule has 0 aliphatic carbocycles. The molecule has 0 amide bonds. The number of hydrogen-bond donors (Lipinski definition) is 1. The molecule has 9 nitrogen and oxygen atoms in total. The Morgan fingerprint density at radius 3 is 2.83 bits per heavy atom. The third-order valence-corrected chi connectivity index (χ3v) is 7.80. The number of nitrogens with one attached hydrogen (secondary N) is 1. The molecule has 5 aromatic rings. The lowest BCUT2D eigenvalue weighted by Crippen LogP contribution is -2.37. The lowest BCUT2D eigenvalue weighted by atomic mass is 10.1. The molecule has 1 saturated heterocycles. The first-order valence-electron chi connectivity index (χ1n) is 12.1. The summed E-state index contributed by atoms with van der Waals surface area (Å²) >= 11 is 1.60. The SMILES string of the molecule is C/C=C(\NCCn1ccnc1C)c1c(=O)c2cc(N3CCOCC3)nnc2n2c1sc1ccccc12. The molecule has 1 N–H and O–H groups in total. The van der Waals surface area contributed by atoms with Gasteiger partial charge < -0.3 is 19.5 Å². The molecule has 10 heteroatoms. The largest absolute Gasteiger partial charge is 0.383 e. The Morgan fingerprint density at radius 2 is 2.06 bits per heavy atom. The molecule has 5 heterocycles. The highest BCUT2D eigenvalue weighted by molar-refractivity contribution is 7.24. The van der Waals surface area contributed by atoms with Crippen molar-refractivity contribution in [1.29, 1.82) is 0 Å². The molecule has 4 aromatic heterocycles. The molecule has 0 saturated carbocycles. The van der Waals surface area contributed by atoms with E-state index in [-0.39, 0.29) is 5.43 Å². The summed E-state index contributed by atoms with van der Waals surface area (Å²) in [7, 11) is 0. The van der Waals surface area contributed by atoms with Crippen molar-refractivity contribution in [2.45, 2.75) is 20.4 Å². The van der Waals surface area contributed by atoms with E-state index in [1.807, 2.05) is 44.3 Å². The molecule has 0 atom stereocenters. The van der Waals surface area contributed by atoms with Gasteiger partial charge in [-0.05, 0) is 32.0 Å². The second-order valence-corrected chi connectivity index (χ2v) is 9.78. The zero-order chi connectivity index (χ0) is 24.6. The Hall–Kier alpha value is -3.76. The fraction of sp³-hybridized carbons (Fsp3) is 0.308. The number of thiazole rings is 1. The van der Waals surface area contributed by atoms with E-state index in [1.165, 1.54) is 0 Å². The predicted octanol–water partition coefficient (Wildman–Crippen LogP) is 3.45. The van der Waals surface area contributed by atoms with Crippen LogP contribution < -0.4 is 15.6 Å². The Morgan fingerprint density at radius 1 is 1.22 bits per heavy atom. The van der Waals surface area contributed by atoms with Gasteiger partial charge in [0.15, 0.2) is 11.5 Å². The quantitative estimate of drug-likeness (QED) is 0.381. The Balaban J connectivity index is 1.51. The smallest absolute Gasteiger partial charge is 0.202 e. The van der Waals surface area contributed by atoms with Crippen LogP contribution in [0.15, 0.2) is 53.6 Å². The van der Waals surface area contributed by atoms with E-state index in [9.17, 15) is 4.79 Å². The van der Waals surface area contributed by atoms with Gasteiger partial charge in [-0.25, -0.2) is 4.98 Å². The van der Waals surface area contributed by atoms with Crippen molar-refractivity contribution in [3.63, 3.8) is 0 Å². The van der Waals surface area contributed by atoms with E-state index < -0.39 is 0 Å². The number of morpholine rings is 1. The summed E-state index contributed by atoms with van der Waals surface area (Å²) in [5, 5.41) is 13.2. The van der Waals surface area contributed by atoms with Crippen LogP contribution in [0.5, 0.6) is 0 Å². The lowest BCUT2D eigenvalue weighted by Gasteiger charge is -2.27. The van der Waals surface area contributed by atoms with Crippen molar-refractivity contribution in [3.05, 3.63) is 70.4 Å². The molecule has 1 aliphatic heterocycles. The van der Waals surface area contributed by atoms with Gasteiger partial charge in [0.1, 0.15) is 10.7 Å². The van der Waals surface area contributed by atoms with Gasteiger partial charge in [-0.1, -0.05) is 18.2 Å². The summed E-state index contributed by atoms with van der Waals surface area (Å²) in [5.41, 5.74) is 3.03. The topological polar surface area (TPSA) is 89.6 Å². The van der Waals surface area contributed by atoms with E-state index >= 15 is 0 Å². The van der Waals surface area contributed by atoms with Gasteiger partial charge in [0.05, 0.1) is 34.4 Å². The number of allylic oxidation sites excluding steroid dienone is 1. The number of rotatable bonds is 6. The number of imidazole rings is 1. The van der Waals surface area contributed by atoms with Crippen LogP contribution in [0.25, 0.3) is 31.8 Å². The Bertz CT molecular complexity index is 1660. The zero-order valence-electron chi connectivity index (χ0n) is 20.3. The van der Waals surface area contributed by atoms with Gasteiger partial charge in [0.25, 0.3) is 0 Å². The number of benzene rings is 1. The third kappa shape index (κ3) is 3.82. The number of aromatic nitrogens is 5. The molecule has 0 bridgehead atoms. The van der Waals surface area contributed by atoms with Gasteiger partial charge in [-0.3, -0.25) is 9.20 Å². The third-order valence-electron chi connectivity index (χ3n) is 6.66. The summed E-state index contributed by atoms with van der Waals surface area (Å²) in [4.78, 5) is 21.4. The molecule has 0 radical (unpaired) electrons. The van der Waals surface area contributed by atoms with Crippen molar-refractivity contribution < 1.29 is 4.74 Å². The fourth-order valence-corrected chi connectivity index (χ4v) is 5.97. The van der Waals surface area contributed by atoms with E-state index in [0.717, 1.165) is 46.2 Å². The Kier molecular flexibility index (Phi) is 5.90. The first-order chi connectivity index (χ1) is 17.7. The predicted molar refractivity (Wildman–Crippen MR) is 144 cm³/mol. The van der Waals surface area contributed by atoms with Gasteiger partial charge in [-0.2, -0.15) is 0 Å². The van der Waals surface area contributed by atoms with E-state index in [0.29, 0.717) is 42.2 Å². The van der Waals surface area contributed by atoms with Crippen molar-refractivity contribution in [3.8, 4) is 0 Å². The van der Waals surface area contributed by atoms with Gasteiger partial charge in [-0.15, -0.1) is 21.5 Å². The average molecular weight is 502 g/mol. The first-order valence-corrected chi connectivity index (χ1v) is 12.9. The van der Waals surface area contributed by atoms with Gasteiger partial charge in [0, 0.05) is 44.3 Å². The van der Waals surface area contributed by atoms with E-state index in [2.05, 4.69) is 46.5 Å².